The van der Waals surface area contributed by atoms with Crippen molar-refractivity contribution in [1.29, 1.82) is 0 Å². The fraction of sp³-hybridized carbons (Fsp3) is 0.600. The number of nitrogen functional groups attached to an aromatic ring is 1. The Hall–Kier alpha value is -2.35. The molecule has 154 valence electrons. The van der Waals surface area contributed by atoms with Crippen LogP contribution in [0.5, 0.6) is 0 Å². The molecule has 1 aliphatic rings. The van der Waals surface area contributed by atoms with E-state index in [1.807, 2.05) is 4.72 Å². The van der Waals surface area contributed by atoms with E-state index < -0.39 is 40.5 Å². The summed E-state index contributed by atoms with van der Waals surface area (Å²) in [6, 6.07) is 0. The summed E-state index contributed by atoms with van der Waals surface area (Å²) in [5.41, 5.74) is 6.57. The lowest BCUT2D eigenvalue weighted by molar-refractivity contribution is -0.139. The van der Waals surface area contributed by atoms with Gasteiger partial charge in [0.05, 0.1) is 18.7 Å². The number of nitrogens with one attached hydrogen (secondary N) is 1. The molecule has 3 rings (SSSR count). The Morgan fingerprint density at radius 2 is 2.04 bits per heavy atom. The van der Waals surface area contributed by atoms with Crippen LogP contribution >= 0.6 is 0 Å². The first-order valence-electron chi connectivity index (χ1n) is 8.40. The van der Waals surface area contributed by atoms with Gasteiger partial charge in [-0.2, -0.15) is 0 Å². The Kier molecular flexibility index (Phi) is 5.52. The molecule has 28 heavy (non-hydrogen) atoms. The summed E-state index contributed by atoms with van der Waals surface area (Å²) in [7, 11) is -2.34. The van der Waals surface area contributed by atoms with E-state index in [9.17, 15) is 13.2 Å². The molecule has 1 aliphatic heterocycles. The number of nitrogens with zero attached hydrogens (tertiary/aromatic N) is 4. The van der Waals surface area contributed by atoms with Crippen LogP contribution in [0.3, 0.4) is 0 Å². The number of imidazole rings is 1. The van der Waals surface area contributed by atoms with Crippen molar-refractivity contribution in [2.24, 2.45) is 0 Å². The average Bonchev–Trinajstić information content (AvgIpc) is 3.14. The van der Waals surface area contributed by atoms with Crippen LogP contribution in [0, 0.1) is 0 Å². The Morgan fingerprint density at radius 3 is 2.64 bits per heavy atom. The van der Waals surface area contributed by atoms with Gasteiger partial charge >= 0.3 is 0 Å². The van der Waals surface area contributed by atoms with E-state index in [2.05, 4.69) is 15.0 Å². The third-order valence-corrected chi connectivity index (χ3v) is 4.67. The molecule has 2 aromatic rings. The standard InChI is InChI=1S/C15H22N6O6S/c1-7(2)26-9-10(14(22)20-28(4,23)24)27-15(11(9)25-3)21-6-19-8-12(16)17-5-18-13(8)21/h5-7,9-11,15H,1-4H3,(H,20,22)(H2,16,17,18)/t9-,10+,11-,15-/m1/s1. The highest BCUT2D eigenvalue weighted by molar-refractivity contribution is 7.89. The lowest BCUT2D eigenvalue weighted by atomic mass is 10.1. The summed E-state index contributed by atoms with van der Waals surface area (Å²) in [5, 5.41) is 0. The summed E-state index contributed by atoms with van der Waals surface area (Å²) in [6.07, 6.45) is -0.368. The van der Waals surface area contributed by atoms with Crippen LogP contribution in [0.15, 0.2) is 12.7 Å². The zero-order valence-corrected chi connectivity index (χ0v) is 16.6. The van der Waals surface area contributed by atoms with Gasteiger partial charge in [-0.25, -0.2) is 23.4 Å². The van der Waals surface area contributed by atoms with Crippen molar-refractivity contribution in [3.8, 4) is 0 Å². The summed E-state index contributed by atoms with van der Waals surface area (Å²) in [4.78, 5) is 24.8. The van der Waals surface area contributed by atoms with Crippen molar-refractivity contribution < 1.29 is 27.4 Å². The molecule has 0 aliphatic carbocycles. The Morgan fingerprint density at radius 1 is 1.32 bits per heavy atom. The smallest absolute Gasteiger partial charge is 0.265 e. The zero-order valence-electron chi connectivity index (χ0n) is 15.8. The van der Waals surface area contributed by atoms with E-state index in [0.717, 1.165) is 6.26 Å². The number of carbonyl (C=O) groups excluding carboxylic acids is 1. The predicted octanol–water partition coefficient (Wildman–Crippen LogP) is -0.810. The third kappa shape index (κ3) is 3.92. The molecular formula is C15H22N6O6S. The Labute approximate surface area is 161 Å². The number of hydrogen-bond acceptors (Lipinski definition) is 10. The maximum absolute atomic E-state index is 12.5. The van der Waals surface area contributed by atoms with Gasteiger partial charge in [0.2, 0.25) is 10.0 Å². The number of hydrogen-bond donors (Lipinski definition) is 2. The highest BCUT2D eigenvalue weighted by atomic mass is 32.2. The molecule has 1 amide bonds. The number of fused-ring (bicyclic) bond motifs is 1. The van der Waals surface area contributed by atoms with E-state index in [-0.39, 0.29) is 11.9 Å². The van der Waals surface area contributed by atoms with Crippen LogP contribution < -0.4 is 10.5 Å². The molecule has 4 atom stereocenters. The third-order valence-electron chi connectivity index (χ3n) is 4.10. The summed E-state index contributed by atoms with van der Waals surface area (Å²) in [5.74, 6) is -0.659. The molecule has 0 radical (unpaired) electrons. The van der Waals surface area contributed by atoms with Gasteiger partial charge in [0.25, 0.3) is 5.91 Å². The van der Waals surface area contributed by atoms with Crippen LogP contribution in [-0.4, -0.2) is 71.6 Å². The summed E-state index contributed by atoms with van der Waals surface area (Å²) < 4.78 is 43.7. The summed E-state index contributed by atoms with van der Waals surface area (Å²) >= 11 is 0. The first kappa shape index (κ1) is 20.4. The van der Waals surface area contributed by atoms with Gasteiger partial charge in [0.15, 0.2) is 23.8 Å². The van der Waals surface area contributed by atoms with Gasteiger partial charge in [-0.05, 0) is 13.8 Å². The Balaban J connectivity index is 2.01. The quantitative estimate of drug-likeness (QED) is 0.611. The van der Waals surface area contributed by atoms with Crippen molar-refractivity contribution >= 4 is 32.9 Å². The van der Waals surface area contributed by atoms with Crippen molar-refractivity contribution in [2.75, 3.05) is 19.1 Å². The van der Waals surface area contributed by atoms with Crippen molar-refractivity contribution in [3.05, 3.63) is 12.7 Å². The number of ether oxygens (including phenoxy) is 3. The number of methoxy groups -OCH3 is 1. The molecule has 1 fully saturated rings. The average molecular weight is 414 g/mol. The predicted molar refractivity (Wildman–Crippen MR) is 97.4 cm³/mol. The summed E-state index contributed by atoms with van der Waals surface area (Å²) in [6.45, 7) is 3.57. The molecular weight excluding hydrogens is 392 g/mol. The second-order valence-electron chi connectivity index (χ2n) is 6.62. The van der Waals surface area contributed by atoms with Crippen molar-refractivity contribution in [2.45, 2.75) is 44.5 Å². The fourth-order valence-corrected chi connectivity index (χ4v) is 3.57. The number of carbonyl (C=O) groups is 1. The van der Waals surface area contributed by atoms with Crippen LogP contribution in [0.2, 0.25) is 0 Å². The van der Waals surface area contributed by atoms with E-state index in [0.29, 0.717) is 11.2 Å². The lowest BCUT2D eigenvalue weighted by Crippen LogP contribution is -2.47. The largest absolute Gasteiger partial charge is 0.382 e. The van der Waals surface area contributed by atoms with Gasteiger partial charge in [-0.1, -0.05) is 0 Å². The van der Waals surface area contributed by atoms with Crippen LogP contribution in [0.25, 0.3) is 11.2 Å². The van der Waals surface area contributed by atoms with Gasteiger partial charge < -0.3 is 19.9 Å². The van der Waals surface area contributed by atoms with Gasteiger partial charge in [0, 0.05) is 7.11 Å². The maximum atomic E-state index is 12.5. The minimum atomic E-state index is -3.78. The second-order valence-corrected chi connectivity index (χ2v) is 8.37. The van der Waals surface area contributed by atoms with E-state index in [4.69, 9.17) is 19.9 Å². The highest BCUT2D eigenvalue weighted by Crippen LogP contribution is 2.36. The lowest BCUT2D eigenvalue weighted by Gasteiger charge is -2.25. The van der Waals surface area contributed by atoms with Crippen LogP contribution in [0.4, 0.5) is 5.82 Å². The number of nitrogens with two attached hydrogens (primary N) is 1. The number of anilines is 1. The molecule has 1 saturated heterocycles. The molecule has 3 N–H and O–H groups in total. The van der Waals surface area contributed by atoms with E-state index in [1.54, 1.807) is 18.4 Å². The highest BCUT2D eigenvalue weighted by Gasteiger charge is 2.51. The van der Waals surface area contributed by atoms with Gasteiger partial charge in [0.1, 0.15) is 24.1 Å². The molecule has 0 unspecified atom stereocenters. The van der Waals surface area contributed by atoms with Crippen molar-refractivity contribution in [3.63, 3.8) is 0 Å². The topological polar surface area (TPSA) is 161 Å². The molecule has 13 heteroatoms. The first-order valence-corrected chi connectivity index (χ1v) is 10.3. The number of amides is 1. The molecule has 0 bridgehead atoms. The molecule has 2 aromatic heterocycles. The minimum absolute atomic E-state index is 0.192. The monoisotopic (exact) mass is 414 g/mol. The van der Waals surface area contributed by atoms with Gasteiger partial charge in [-0.3, -0.25) is 14.1 Å². The molecule has 12 nitrogen and oxygen atoms in total. The second kappa shape index (κ2) is 7.58. The molecule has 0 saturated carbocycles. The minimum Gasteiger partial charge on any atom is -0.382 e. The number of sulfonamides is 1. The van der Waals surface area contributed by atoms with Crippen LogP contribution in [0.1, 0.15) is 20.1 Å². The zero-order chi connectivity index (χ0) is 20.6. The SMILES string of the molecule is CO[C@@H]1[C@H](OC(C)C)[C@@H](C(=O)NS(C)(=O)=O)O[C@H]1n1cnc2c(N)ncnc21. The van der Waals surface area contributed by atoms with Gasteiger partial charge in [-0.15, -0.1) is 0 Å². The Bertz CT molecular complexity index is 977. The normalized spacial score (nSPS) is 25.5. The molecule has 0 spiro atoms. The van der Waals surface area contributed by atoms with E-state index in [1.165, 1.54) is 19.8 Å². The molecule has 3 heterocycles. The maximum Gasteiger partial charge on any atom is 0.265 e. The number of rotatable bonds is 6. The first-order chi connectivity index (χ1) is 13.1. The van der Waals surface area contributed by atoms with Crippen LogP contribution in [-0.2, 0) is 29.0 Å². The fourth-order valence-electron chi connectivity index (χ4n) is 3.09. The van der Waals surface area contributed by atoms with E-state index >= 15 is 0 Å². The number of aromatic nitrogens is 4. The van der Waals surface area contributed by atoms with Crippen molar-refractivity contribution in [1.82, 2.24) is 24.2 Å². The molecule has 0 aromatic carbocycles.